The minimum atomic E-state index is -4.50. The highest BCUT2D eigenvalue weighted by Gasteiger charge is 2.29. The molecule has 0 amide bonds. The van der Waals surface area contributed by atoms with Crippen LogP contribution in [0.1, 0.15) is 26.7 Å². The van der Waals surface area contributed by atoms with E-state index in [0.29, 0.717) is 18.4 Å². The molecule has 6 heteroatoms. The molecule has 19 heavy (non-hydrogen) atoms. The highest BCUT2D eigenvalue weighted by atomic mass is 19.4. The lowest BCUT2D eigenvalue weighted by molar-refractivity contribution is -0.325. The Bertz CT molecular complexity index is 239. The maximum absolute atomic E-state index is 11.8. The molecule has 1 heterocycles. The van der Waals surface area contributed by atoms with Crippen LogP contribution in [0.5, 0.6) is 0 Å². The van der Waals surface area contributed by atoms with E-state index < -0.39 is 6.36 Å². The Morgan fingerprint density at radius 1 is 1.26 bits per heavy atom. The van der Waals surface area contributed by atoms with Crippen molar-refractivity contribution >= 4 is 0 Å². The number of halogens is 3. The van der Waals surface area contributed by atoms with Crippen molar-refractivity contribution in [3.05, 3.63) is 0 Å². The third kappa shape index (κ3) is 8.44. The summed E-state index contributed by atoms with van der Waals surface area (Å²) in [7, 11) is 0. The molecular weight excluding hydrogens is 257 g/mol. The number of nitrogens with one attached hydrogen (secondary N) is 1. The van der Waals surface area contributed by atoms with Crippen LogP contribution in [-0.2, 0) is 4.74 Å². The molecule has 1 saturated heterocycles. The summed E-state index contributed by atoms with van der Waals surface area (Å²) in [5.41, 5.74) is 0. The van der Waals surface area contributed by atoms with Crippen LogP contribution in [0.4, 0.5) is 13.2 Å². The van der Waals surface area contributed by atoms with Gasteiger partial charge >= 0.3 is 6.36 Å². The van der Waals surface area contributed by atoms with Crippen LogP contribution in [0.25, 0.3) is 0 Å². The first-order valence-corrected chi connectivity index (χ1v) is 7.00. The van der Waals surface area contributed by atoms with Crippen molar-refractivity contribution in [2.75, 3.05) is 39.3 Å². The Morgan fingerprint density at radius 3 is 2.42 bits per heavy atom. The molecule has 0 radical (unpaired) electrons. The van der Waals surface area contributed by atoms with E-state index in [1.165, 1.54) is 0 Å². The molecule has 0 bridgehead atoms. The van der Waals surface area contributed by atoms with Gasteiger partial charge in [0.25, 0.3) is 0 Å². The van der Waals surface area contributed by atoms with Crippen molar-refractivity contribution < 1.29 is 17.9 Å². The number of piperidine rings is 1. The van der Waals surface area contributed by atoms with Gasteiger partial charge in [0.2, 0.25) is 0 Å². The summed E-state index contributed by atoms with van der Waals surface area (Å²) < 4.78 is 39.3. The normalized spacial score (nSPS) is 19.3. The van der Waals surface area contributed by atoms with Gasteiger partial charge in [0, 0.05) is 6.54 Å². The van der Waals surface area contributed by atoms with Gasteiger partial charge in [-0.1, -0.05) is 13.8 Å². The molecule has 114 valence electrons. The number of hydrogen-bond acceptors (Lipinski definition) is 3. The van der Waals surface area contributed by atoms with Gasteiger partial charge < -0.3 is 10.2 Å². The number of rotatable bonds is 7. The van der Waals surface area contributed by atoms with Crippen LogP contribution < -0.4 is 5.32 Å². The van der Waals surface area contributed by atoms with Gasteiger partial charge in [-0.25, -0.2) is 0 Å². The summed E-state index contributed by atoms with van der Waals surface area (Å²) in [6.07, 6.45) is -2.40. The van der Waals surface area contributed by atoms with E-state index in [2.05, 4.69) is 23.9 Å². The van der Waals surface area contributed by atoms with Crippen LogP contribution in [0.15, 0.2) is 0 Å². The molecule has 0 spiro atoms. The zero-order valence-electron chi connectivity index (χ0n) is 11.8. The first-order valence-electron chi connectivity index (χ1n) is 7.00. The van der Waals surface area contributed by atoms with Crippen LogP contribution >= 0.6 is 0 Å². The Balaban J connectivity index is 2.05. The lowest BCUT2D eigenvalue weighted by Crippen LogP contribution is -2.39. The summed E-state index contributed by atoms with van der Waals surface area (Å²) in [5, 5.41) is 3.44. The second-order valence-corrected chi connectivity index (χ2v) is 5.63. The quantitative estimate of drug-likeness (QED) is 0.776. The zero-order valence-corrected chi connectivity index (χ0v) is 11.8. The van der Waals surface area contributed by atoms with Crippen molar-refractivity contribution in [1.29, 1.82) is 0 Å². The zero-order chi connectivity index (χ0) is 14.3. The SMILES string of the molecule is CC(C)CNCC1CCN(CCOC(F)(F)F)CC1. The first kappa shape index (κ1) is 16.7. The summed E-state index contributed by atoms with van der Waals surface area (Å²) in [4.78, 5) is 2.05. The first-order chi connectivity index (χ1) is 8.87. The van der Waals surface area contributed by atoms with Crippen molar-refractivity contribution in [3.8, 4) is 0 Å². The molecule has 0 aromatic carbocycles. The van der Waals surface area contributed by atoms with E-state index >= 15 is 0 Å². The van der Waals surface area contributed by atoms with Gasteiger partial charge in [-0.2, -0.15) is 0 Å². The standard InChI is InChI=1S/C13H25F3N2O/c1-11(2)9-17-10-12-3-5-18(6-4-12)7-8-19-13(14,15)16/h11-12,17H,3-10H2,1-2H3. The molecular formula is C13H25F3N2O. The number of hydrogen-bond donors (Lipinski definition) is 1. The summed E-state index contributed by atoms with van der Waals surface area (Å²) >= 11 is 0. The smallest absolute Gasteiger partial charge is 0.316 e. The number of likely N-dealkylation sites (tertiary alicyclic amines) is 1. The van der Waals surface area contributed by atoms with Gasteiger partial charge in [0.05, 0.1) is 6.61 Å². The van der Waals surface area contributed by atoms with E-state index in [0.717, 1.165) is 39.0 Å². The number of nitrogens with zero attached hydrogens (tertiary/aromatic N) is 1. The predicted molar refractivity (Wildman–Crippen MR) is 68.9 cm³/mol. The highest BCUT2D eigenvalue weighted by molar-refractivity contribution is 4.74. The molecule has 1 rings (SSSR count). The number of ether oxygens (including phenoxy) is 1. The molecule has 0 aromatic heterocycles. The van der Waals surface area contributed by atoms with Gasteiger partial charge in [-0.05, 0) is 50.9 Å². The summed E-state index contributed by atoms with van der Waals surface area (Å²) in [5.74, 6) is 1.30. The van der Waals surface area contributed by atoms with Gasteiger partial charge in [0.1, 0.15) is 0 Å². The van der Waals surface area contributed by atoms with Gasteiger partial charge in [-0.15, -0.1) is 13.2 Å². The fourth-order valence-corrected chi connectivity index (χ4v) is 2.28. The predicted octanol–water partition coefficient (Wildman–Crippen LogP) is 2.48. The van der Waals surface area contributed by atoms with Gasteiger partial charge in [-0.3, -0.25) is 4.74 Å². The lowest BCUT2D eigenvalue weighted by Gasteiger charge is -2.32. The maximum atomic E-state index is 11.8. The minimum Gasteiger partial charge on any atom is -0.316 e. The minimum absolute atomic E-state index is 0.264. The van der Waals surface area contributed by atoms with E-state index in [4.69, 9.17) is 0 Å². The second-order valence-electron chi connectivity index (χ2n) is 5.63. The average molecular weight is 282 g/mol. The Morgan fingerprint density at radius 2 is 1.89 bits per heavy atom. The van der Waals surface area contributed by atoms with E-state index in [9.17, 15) is 13.2 Å². The molecule has 3 nitrogen and oxygen atoms in total. The van der Waals surface area contributed by atoms with Crippen molar-refractivity contribution in [2.24, 2.45) is 11.8 Å². The Kier molecular flexibility index (Phi) is 7.10. The molecule has 0 atom stereocenters. The molecule has 1 aliphatic rings. The molecule has 1 fully saturated rings. The number of alkyl halides is 3. The van der Waals surface area contributed by atoms with E-state index in [1.807, 2.05) is 4.90 Å². The second kappa shape index (κ2) is 8.07. The molecule has 0 aromatic rings. The summed E-state index contributed by atoms with van der Waals surface area (Å²) in [6, 6.07) is 0. The van der Waals surface area contributed by atoms with Crippen molar-refractivity contribution in [3.63, 3.8) is 0 Å². The van der Waals surface area contributed by atoms with E-state index in [-0.39, 0.29) is 6.61 Å². The van der Waals surface area contributed by atoms with Crippen LogP contribution in [0, 0.1) is 11.8 Å². The van der Waals surface area contributed by atoms with Crippen molar-refractivity contribution in [1.82, 2.24) is 10.2 Å². The van der Waals surface area contributed by atoms with Crippen LogP contribution in [-0.4, -0.2) is 50.6 Å². The highest BCUT2D eigenvalue weighted by Crippen LogP contribution is 2.18. The molecule has 1 aliphatic heterocycles. The topological polar surface area (TPSA) is 24.5 Å². The third-order valence-electron chi connectivity index (χ3n) is 3.37. The molecule has 0 unspecified atom stereocenters. The molecule has 1 N–H and O–H groups in total. The Labute approximate surface area is 113 Å². The molecule has 0 aliphatic carbocycles. The monoisotopic (exact) mass is 282 g/mol. The van der Waals surface area contributed by atoms with E-state index in [1.54, 1.807) is 0 Å². The van der Waals surface area contributed by atoms with Crippen molar-refractivity contribution in [2.45, 2.75) is 33.1 Å². The fraction of sp³-hybridized carbons (Fsp3) is 1.00. The maximum Gasteiger partial charge on any atom is 0.522 e. The lowest BCUT2D eigenvalue weighted by atomic mass is 9.96. The van der Waals surface area contributed by atoms with Gasteiger partial charge in [0.15, 0.2) is 0 Å². The summed E-state index contributed by atoms with van der Waals surface area (Å²) in [6.45, 7) is 8.24. The molecule has 0 saturated carbocycles. The average Bonchev–Trinajstić information content (AvgIpc) is 2.29. The largest absolute Gasteiger partial charge is 0.522 e. The third-order valence-corrected chi connectivity index (χ3v) is 3.37. The van der Waals surface area contributed by atoms with Crippen LogP contribution in [0.3, 0.4) is 0 Å². The van der Waals surface area contributed by atoms with Crippen LogP contribution in [0.2, 0.25) is 0 Å². The Hall–Kier alpha value is -0.330. The fourth-order valence-electron chi connectivity index (χ4n) is 2.28.